The molecule has 14 heavy (non-hydrogen) atoms. The van der Waals surface area contributed by atoms with Crippen molar-refractivity contribution < 1.29 is 0 Å². The molecule has 0 amide bonds. The van der Waals surface area contributed by atoms with Crippen LogP contribution in [0, 0.1) is 0 Å². The zero-order chi connectivity index (χ0) is 10.2. The Hall–Kier alpha value is -0.0300. The summed E-state index contributed by atoms with van der Waals surface area (Å²) in [5.74, 6) is 2.41. The maximum Gasteiger partial charge on any atom is 0.0835 e. The molecule has 0 aliphatic heterocycles. The molecular formula is C9H16BrN3S. The van der Waals surface area contributed by atoms with Crippen LogP contribution in [0.5, 0.6) is 0 Å². The molecule has 0 spiro atoms. The molecule has 0 aromatic carbocycles. The van der Waals surface area contributed by atoms with Gasteiger partial charge in [-0.15, -0.1) is 5.10 Å². The summed E-state index contributed by atoms with van der Waals surface area (Å²) >= 11 is 5.36. The van der Waals surface area contributed by atoms with Gasteiger partial charge < -0.3 is 0 Å². The molecule has 1 rings (SSSR count). The Morgan fingerprint density at radius 2 is 2.43 bits per heavy atom. The van der Waals surface area contributed by atoms with Crippen molar-refractivity contribution in [2.24, 2.45) is 0 Å². The number of nitrogens with zero attached hydrogens (tertiary/aromatic N) is 3. The summed E-state index contributed by atoms with van der Waals surface area (Å²) < 4.78 is 1.94. The van der Waals surface area contributed by atoms with Gasteiger partial charge in [-0.3, -0.25) is 4.68 Å². The lowest BCUT2D eigenvalue weighted by Gasteiger charge is -1.98. The van der Waals surface area contributed by atoms with Crippen LogP contribution in [-0.4, -0.2) is 31.8 Å². The van der Waals surface area contributed by atoms with Crippen molar-refractivity contribution in [1.82, 2.24) is 15.0 Å². The summed E-state index contributed by atoms with van der Waals surface area (Å²) in [6.45, 7) is 3.18. The van der Waals surface area contributed by atoms with Crippen molar-refractivity contribution in [3.63, 3.8) is 0 Å². The number of hydrogen-bond donors (Lipinski definition) is 0. The number of rotatable bonds is 7. The molecule has 0 N–H and O–H groups in total. The van der Waals surface area contributed by atoms with Crippen LogP contribution < -0.4 is 0 Å². The van der Waals surface area contributed by atoms with E-state index in [-0.39, 0.29) is 0 Å². The van der Waals surface area contributed by atoms with Gasteiger partial charge in [0.05, 0.1) is 5.69 Å². The van der Waals surface area contributed by atoms with E-state index in [2.05, 4.69) is 33.2 Å². The van der Waals surface area contributed by atoms with Crippen LogP contribution in [0.4, 0.5) is 0 Å². The van der Waals surface area contributed by atoms with E-state index >= 15 is 0 Å². The van der Waals surface area contributed by atoms with Gasteiger partial charge in [-0.1, -0.05) is 28.1 Å². The summed E-state index contributed by atoms with van der Waals surface area (Å²) in [4.78, 5) is 0. The maximum atomic E-state index is 4.08. The number of aryl methyl sites for hydroxylation is 2. The minimum atomic E-state index is 0.956. The van der Waals surface area contributed by atoms with Crippen LogP contribution in [0.2, 0.25) is 0 Å². The minimum absolute atomic E-state index is 0.956. The van der Waals surface area contributed by atoms with Crippen molar-refractivity contribution in [1.29, 1.82) is 0 Å². The van der Waals surface area contributed by atoms with E-state index in [1.165, 1.54) is 17.9 Å². The second-order valence-electron chi connectivity index (χ2n) is 2.96. The molecule has 0 unspecified atom stereocenters. The fraction of sp³-hybridized carbons (Fsp3) is 0.778. The number of thioether (sulfide) groups is 1. The minimum Gasteiger partial charge on any atom is -0.252 e. The molecule has 0 saturated carbocycles. The predicted molar refractivity (Wildman–Crippen MR) is 65.1 cm³/mol. The molecule has 1 aromatic rings. The molecule has 0 bridgehead atoms. The van der Waals surface area contributed by atoms with Crippen molar-refractivity contribution in [2.45, 2.75) is 26.3 Å². The Balaban J connectivity index is 2.22. The Kier molecular flexibility index (Phi) is 6.27. The molecule has 1 aromatic heterocycles. The van der Waals surface area contributed by atoms with Gasteiger partial charge in [-0.2, -0.15) is 11.8 Å². The highest BCUT2D eigenvalue weighted by Gasteiger charge is 1.98. The molecule has 3 nitrogen and oxygen atoms in total. The lowest BCUT2D eigenvalue weighted by Crippen LogP contribution is -1.99. The number of alkyl halides is 1. The normalized spacial score (nSPS) is 10.7. The first-order valence-corrected chi connectivity index (χ1v) is 7.17. The van der Waals surface area contributed by atoms with E-state index in [1.807, 2.05) is 22.6 Å². The highest BCUT2D eigenvalue weighted by atomic mass is 79.9. The van der Waals surface area contributed by atoms with E-state index < -0.39 is 0 Å². The fourth-order valence-electron chi connectivity index (χ4n) is 1.13. The summed E-state index contributed by atoms with van der Waals surface area (Å²) in [5, 5.41) is 9.11. The quantitative estimate of drug-likeness (QED) is 0.566. The molecular weight excluding hydrogens is 262 g/mol. The van der Waals surface area contributed by atoms with Crippen molar-refractivity contribution in [2.75, 3.05) is 16.8 Å². The van der Waals surface area contributed by atoms with Gasteiger partial charge >= 0.3 is 0 Å². The first kappa shape index (κ1) is 12.0. The van der Waals surface area contributed by atoms with Crippen molar-refractivity contribution >= 4 is 27.7 Å². The molecule has 5 heteroatoms. The van der Waals surface area contributed by atoms with Gasteiger partial charge in [-0.25, -0.2) is 0 Å². The smallest absolute Gasteiger partial charge is 0.0835 e. The zero-order valence-electron chi connectivity index (χ0n) is 8.45. The summed E-state index contributed by atoms with van der Waals surface area (Å²) in [7, 11) is 0. The highest BCUT2D eigenvalue weighted by molar-refractivity contribution is 9.09. The standard InChI is InChI=1S/C9H16BrN3S/c1-2-14-7-3-6-13-8-9(4-5-10)11-12-13/h8H,2-7H2,1H3. The third kappa shape index (κ3) is 4.46. The van der Waals surface area contributed by atoms with Crippen molar-refractivity contribution in [3.05, 3.63) is 11.9 Å². The largest absolute Gasteiger partial charge is 0.252 e. The van der Waals surface area contributed by atoms with Gasteiger partial charge in [0.15, 0.2) is 0 Å². The molecule has 0 aliphatic carbocycles. The van der Waals surface area contributed by atoms with Gasteiger partial charge in [0.2, 0.25) is 0 Å². The molecule has 0 saturated heterocycles. The molecule has 1 heterocycles. The Morgan fingerprint density at radius 3 is 3.14 bits per heavy atom. The van der Waals surface area contributed by atoms with Crippen LogP contribution in [0.3, 0.4) is 0 Å². The lowest BCUT2D eigenvalue weighted by atomic mass is 10.4. The summed E-state index contributed by atoms with van der Waals surface area (Å²) in [5.41, 5.74) is 1.07. The third-order valence-corrected chi connectivity index (χ3v) is 3.20. The summed E-state index contributed by atoms with van der Waals surface area (Å²) in [6, 6.07) is 0. The molecule has 0 radical (unpaired) electrons. The average molecular weight is 278 g/mol. The average Bonchev–Trinajstić information content (AvgIpc) is 2.61. The lowest BCUT2D eigenvalue weighted by molar-refractivity contribution is 0.582. The first-order valence-electron chi connectivity index (χ1n) is 4.89. The predicted octanol–water partition coefficient (Wildman–Crippen LogP) is 2.36. The third-order valence-electron chi connectivity index (χ3n) is 1.82. The van der Waals surface area contributed by atoms with E-state index in [1.54, 1.807) is 0 Å². The van der Waals surface area contributed by atoms with Crippen LogP contribution in [0.25, 0.3) is 0 Å². The Morgan fingerprint density at radius 1 is 1.57 bits per heavy atom. The SMILES string of the molecule is CCSCCCn1cc(CCBr)nn1. The van der Waals surface area contributed by atoms with E-state index in [0.717, 1.165) is 24.0 Å². The Labute approximate surface area is 97.8 Å². The topological polar surface area (TPSA) is 30.7 Å². The van der Waals surface area contributed by atoms with Crippen molar-refractivity contribution in [3.8, 4) is 0 Å². The van der Waals surface area contributed by atoms with Crippen LogP contribution in [0.1, 0.15) is 19.0 Å². The van der Waals surface area contributed by atoms with Gasteiger partial charge in [0, 0.05) is 24.5 Å². The molecule has 0 aliphatic rings. The van der Waals surface area contributed by atoms with E-state index in [9.17, 15) is 0 Å². The van der Waals surface area contributed by atoms with E-state index in [4.69, 9.17) is 0 Å². The fourth-order valence-corrected chi connectivity index (χ4v) is 2.16. The summed E-state index contributed by atoms with van der Waals surface area (Å²) in [6.07, 6.45) is 4.18. The van der Waals surface area contributed by atoms with Gasteiger partial charge in [-0.05, 0) is 17.9 Å². The number of hydrogen-bond acceptors (Lipinski definition) is 3. The first-order chi connectivity index (χ1) is 6.86. The second kappa shape index (κ2) is 7.29. The highest BCUT2D eigenvalue weighted by Crippen LogP contribution is 2.03. The number of halogens is 1. The van der Waals surface area contributed by atoms with Gasteiger partial charge in [0.25, 0.3) is 0 Å². The molecule has 80 valence electrons. The zero-order valence-corrected chi connectivity index (χ0v) is 10.9. The number of aromatic nitrogens is 3. The van der Waals surface area contributed by atoms with Crippen LogP contribution in [-0.2, 0) is 13.0 Å². The maximum absolute atomic E-state index is 4.08. The Bertz CT molecular complexity index is 252. The molecule has 0 fully saturated rings. The molecule has 0 atom stereocenters. The monoisotopic (exact) mass is 277 g/mol. The second-order valence-corrected chi connectivity index (χ2v) is 5.15. The van der Waals surface area contributed by atoms with E-state index in [0.29, 0.717) is 0 Å². The van der Waals surface area contributed by atoms with Gasteiger partial charge in [0.1, 0.15) is 0 Å². The van der Waals surface area contributed by atoms with Crippen LogP contribution in [0.15, 0.2) is 6.20 Å². The van der Waals surface area contributed by atoms with Crippen LogP contribution >= 0.6 is 27.7 Å².